The van der Waals surface area contributed by atoms with Crippen LogP contribution < -0.4 is 5.32 Å². The molecular weight excluding hydrogens is 360 g/mol. The van der Waals surface area contributed by atoms with Crippen molar-refractivity contribution in [3.05, 3.63) is 61.2 Å². The van der Waals surface area contributed by atoms with Crippen molar-refractivity contribution in [2.24, 2.45) is 0 Å². The molecular formula is C21H30N2O5. The number of carbonyl (C=O) groups is 2. The highest BCUT2D eigenvalue weighted by atomic mass is 16.6. The van der Waals surface area contributed by atoms with E-state index < -0.39 is 29.9 Å². The molecule has 7 nitrogen and oxygen atoms in total. The zero-order valence-electron chi connectivity index (χ0n) is 16.8. The van der Waals surface area contributed by atoms with Crippen molar-refractivity contribution in [3.8, 4) is 0 Å². The van der Waals surface area contributed by atoms with Crippen molar-refractivity contribution in [3.63, 3.8) is 0 Å². The molecule has 0 heterocycles. The molecule has 2 amide bonds. The van der Waals surface area contributed by atoms with Gasteiger partial charge in [0.05, 0.1) is 12.1 Å². The first-order chi connectivity index (χ1) is 13.2. The predicted molar refractivity (Wildman–Crippen MR) is 108 cm³/mol. The number of nitrogens with one attached hydrogen (secondary N) is 1. The smallest absolute Gasteiger partial charge is 0.410 e. The van der Waals surface area contributed by atoms with Crippen LogP contribution in [0.1, 0.15) is 26.3 Å². The summed E-state index contributed by atoms with van der Waals surface area (Å²) in [4.78, 5) is 25.9. The first kappa shape index (κ1) is 23.2. The average Bonchev–Trinajstić information content (AvgIpc) is 2.63. The minimum absolute atomic E-state index is 0.00786. The number of carbonyl (C=O) groups excluding carboxylic acids is 2. The Kier molecular flexibility index (Phi) is 9.24. The summed E-state index contributed by atoms with van der Waals surface area (Å²) in [5.41, 5.74) is 0.160. The molecule has 2 N–H and O–H groups in total. The highest BCUT2D eigenvalue weighted by Gasteiger charge is 2.27. The second-order valence-electron chi connectivity index (χ2n) is 7.21. The predicted octanol–water partition coefficient (Wildman–Crippen LogP) is 3.25. The lowest BCUT2D eigenvalue weighted by Crippen LogP contribution is -2.52. The molecule has 0 aromatic heterocycles. The van der Waals surface area contributed by atoms with Crippen LogP contribution in [0.3, 0.4) is 0 Å². The van der Waals surface area contributed by atoms with E-state index in [-0.39, 0.29) is 19.7 Å². The number of hydrogen-bond donors (Lipinski definition) is 2. The van der Waals surface area contributed by atoms with Gasteiger partial charge in [0.1, 0.15) is 12.2 Å². The van der Waals surface area contributed by atoms with Crippen molar-refractivity contribution >= 4 is 12.2 Å². The van der Waals surface area contributed by atoms with Crippen molar-refractivity contribution in [1.82, 2.24) is 10.2 Å². The topological polar surface area (TPSA) is 88.1 Å². The summed E-state index contributed by atoms with van der Waals surface area (Å²) in [5, 5.41) is 12.8. The number of aliphatic hydroxyl groups is 1. The Morgan fingerprint density at radius 2 is 1.89 bits per heavy atom. The van der Waals surface area contributed by atoms with Gasteiger partial charge in [-0.2, -0.15) is 0 Å². The van der Waals surface area contributed by atoms with Gasteiger partial charge in [-0.3, -0.25) is 0 Å². The summed E-state index contributed by atoms with van der Waals surface area (Å²) >= 11 is 0. The van der Waals surface area contributed by atoms with Crippen LogP contribution in [0.25, 0.3) is 0 Å². The van der Waals surface area contributed by atoms with Crippen LogP contribution >= 0.6 is 0 Å². The number of hydrogen-bond acceptors (Lipinski definition) is 5. The van der Waals surface area contributed by atoms with Crippen LogP contribution in [0, 0.1) is 0 Å². The fraction of sp³-hybridized carbons (Fsp3) is 0.429. The molecule has 0 radical (unpaired) electrons. The fourth-order valence-electron chi connectivity index (χ4n) is 2.29. The lowest BCUT2D eigenvalue weighted by atomic mass is 10.1. The quantitative estimate of drug-likeness (QED) is 0.632. The van der Waals surface area contributed by atoms with Crippen molar-refractivity contribution in [1.29, 1.82) is 0 Å². The van der Waals surface area contributed by atoms with E-state index in [4.69, 9.17) is 9.47 Å². The molecule has 0 saturated carbocycles. The van der Waals surface area contributed by atoms with Crippen LogP contribution in [-0.4, -0.2) is 53.0 Å². The summed E-state index contributed by atoms with van der Waals surface area (Å²) in [6.45, 7) is 12.7. The minimum Gasteiger partial charge on any atom is -0.445 e. The molecule has 7 heteroatoms. The van der Waals surface area contributed by atoms with Crippen LogP contribution in [0.2, 0.25) is 0 Å². The third kappa shape index (κ3) is 8.73. The number of ether oxygens (including phenoxy) is 2. The summed E-state index contributed by atoms with van der Waals surface area (Å²) < 4.78 is 10.6. The van der Waals surface area contributed by atoms with Gasteiger partial charge in [0, 0.05) is 13.1 Å². The summed E-state index contributed by atoms with van der Waals surface area (Å²) in [6.07, 6.45) is 0.449. The van der Waals surface area contributed by atoms with E-state index in [9.17, 15) is 14.7 Å². The van der Waals surface area contributed by atoms with E-state index >= 15 is 0 Å². The number of aliphatic hydroxyl groups excluding tert-OH is 1. The summed E-state index contributed by atoms with van der Waals surface area (Å²) in [7, 11) is 0. The second-order valence-corrected chi connectivity index (χ2v) is 7.21. The molecule has 0 saturated heterocycles. The Morgan fingerprint density at radius 1 is 1.25 bits per heavy atom. The maximum absolute atomic E-state index is 12.5. The third-order valence-electron chi connectivity index (χ3n) is 3.59. The number of alkyl carbamates (subject to hydrolysis) is 1. The van der Waals surface area contributed by atoms with Crippen molar-refractivity contribution in [2.45, 2.75) is 45.1 Å². The normalized spacial score (nSPS) is 13.0. The van der Waals surface area contributed by atoms with Crippen LogP contribution in [0.4, 0.5) is 9.59 Å². The number of nitrogens with zero attached hydrogens (tertiary/aromatic N) is 1. The molecule has 0 fully saturated rings. The van der Waals surface area contributed by atoms with Gasteiger partial charge in [-0.15, -0.1) is 13.2 Å². The lowest BCUT2D eigenvalue weighted by molar-refractivity contribution is 0.0412. The van der Waals surface area contributed by atoms with Crippen LogP contribution in [0.5, 0.6) is 0 Å². The molecule has 0 aliphatic rings. The van der Waals surface area contributed by atoms with Crippen molar-refractivity contribution < 1.29 is 24.2 Å². The highest BCUT2D eigenvalue weighted by Crippen LogP contribution is 2.09. The molecule has 28 heavy (non-hydrogen) atoms. The van der Waals surface area contributed by atoms with E-state index in [0.717, 1.165) is 5.56 Å². The van der Waals surface area contributed by atoms with E-state index in [1.807, 2.05) is 30.3 Å². The van der Waals surface area contributed by atoms with E-state index in [1.54, 1.807) is 20.8 Å². The van der Waals surface area contributed by atoms with Gasteiger partial charge < -0.3 is 24.8 Å². The van der Waals surface area contributed by atoms with Gasteiger partial charge >= 0.3 is 12.2 Å². The van der Waals surface area contributed by atoms with Gasteiger partial charge in [-0.1, -0.05) is 42.5 Å². The second kappa shape index (κ2) is 11.1. The lowest BCUT2D eigenvalue weighted by Gasteiger charge is -2.29. The van der Waals surface area contributed by atoms with Crippen molar-refractivity contribution in [2.75, 3.05) is 13.1 Å². The molecule has 0 aliphatic carbocycles. The average molecular weight is 390 g/mol. The van der Waals surface area contributed by atoms with E-state index in [2.05, 4.69) is 18.5 Å². The zero-order chi connectivity index (χ0) is 21.2. The SMILES string of the molecule is C=CCN(C[C@@H](NC(=O)OC(C)(C)C)[C@H](O)C=C)C(=O)OCc1ccccc1. The molecule has 1 rings (SSSR count). The Bertz CT molecular complexity index is 655. The first-order valence-corrected chi connectivity index (χ1v) is 9.03. The molecule has 0 spiro atoms. The van der Waals surface area contributed by atoms with Gasteiger partial charge in [-0.25, -0.2) is 9.59 Å². The largest absolute Gasteiger partial charge is 0.445 e. The highest BCUT2D eigenvalue weighted by molar-refractivity contribution is 5.69. The van der Waals surface area contributed by atoms with Gasteiger partial charge in [0.25, 0.3) is 0 Å². The first-order valence-electron chi connectivity index (χ1n) is 9.03. The molecule has 0 aliphatic heterocycles. The van der Waals surface area contributed by atoms with Crippen LogP contribution in [-0.2, 0) is 16.1 Å². The number of amides is 2. The maximum atomic E-state index is 12.5. The Balaban J connectivity index is 2.78. The molecule has 1 aromatic rings. The van der Waals surface area contributed by atoms with Gasteiger partial charge in [0.2, 0.25) is 0 Å². The van der Waals surface area contributed by atoms with Gasteiger partial charge in [-0.05, 0) is 26.3 Å². The number of rotatable bonds is 9. The Morgan fingerprint density at radius 3 is 2.43 bits per heavy atom. The fourth-order valence-corrected chi connectivity index (χ4v) is 2.29. The Labute approximate surface area is 166 Å². The minimum atomic E-state index is -1.08. The van der Waals surface area contributed by atoms with Crippen LogP contribution in [0.15, 0.2) is 55.6 Å². The Hall–Kier alpha value is -2.80. The summed E-state index contributed by atoms with van der Waals surface area (Å²) in [6, 6.07) is 8.45. The zero-order valence-corrected chi connectivity index (χ0v) is 16.8. The molecule has 0 bridgehead atoms. The third-order valence-corrected chi connectivity index (χ3v) is 3.59. The summed E-state index contributed by atoms with van der Waals surface area (Å²) in [5.74, 6) is 0. The number of benzene rings is 1. The van der Waals surface area contributed by atoms with E-state index in [1.165, 1.54) is 17.1 Å². The molecule has 0 unspecified atom stereocenters. The molecule has 1 aromatic carbocycles. The standard InChI is InChI=1S/C21H30N2O5/c1-6-13-23(20(26)27-15-16-11-9-8-10-12-16)14-17(18(24)7-2)22-19(25)28-21(3,4)5/h6-12,17-18,24H,1-2,13-15H2,3-5H3,(H,22,25)/t17-,18-/m1/s1. The van der Waals surface area contributed by atoms with Gasteiger partial charge in [0.15, 0.2) is 0 Å². The molecule has 154 valence electrons. The maximum Gasteiger partial charge on any atom is 0.410 e. The van der Waals surface area contributed by atoms with E-state index in [0.29, 0.717) is 0 Å². The monoisotopic (exact) mass is 390 g/mol. The molecule has 2 atom stereocenters.